The Morgan fingerprint density at radius 1 is 1.08 bits per heavy atom. The van der Waals surface area contributed by atoms with Crippen LogP contribution in [0.5, 0.6) is 0 Å². The van der Waals surface area contributed by atoms with Gasteiger partial charge in [0.15, 0.2) is 0 Å². The van der Waals surface area contributed by atoms with Crippen molar-refractivity contribution in [3.8, 4) is 0 Å². The van der Waals surface area contributed by atoms with Crippen molar-refractivity contribution in [1.82, 2.24) is 9.88 Å². The van der Waals surface area contributed by atoms with Crippen LogP contribution in [0.2, 0.25) is 0 Å². The SMILES string of the molecule is Cc1cc(C)c2nc(C)cc(C(=O)N3CCC[C@]4(CCCO4)CC3)c2c1. The first-order valence-corrected chi connectivity index (χ1v) is 9.79. The second-order valence-corrected chi connectivity index (χ2v) is 8.07. The molecule has 1 aromatic carbocycles. The fourth-order valence-corrected chi connectivity index (χ4v) is 4.68. The van der Waals surface area contributed by atoms with E-state index in [0.29, 0.717) is 0 Å². The zero-order valence-corrected chi connectivity index (χ0v) is 16.1. The molecule has 138 valence electrons. The van der Waals surface area contributed by atoms with E-state index in [1.807, 2.05) is 17.9 Å². The molecule has 4 nitrogen and oxygen atoms in total. The molecular weight excluding hydrogens is 324 g/mol. The molecule has 3 heterocycles. The standard InChI is InChI=1S/C22H28N2O2/c1-15-12-16(2)20-18(13-15)19(14-17(3)23-20)21(25)24-9-4-6-22(8-10-24)7-5-11-26-22/h12-14H,4-11H2,1-3H3/t22-/m0/s1. The van der Waals surface area contributed by atoms with Crippen LogP contribution < -0.4 is 0 Å². The molecule has 4 heteroatoms. The predicted molar refractivity (Wildman–Crippen MR) is 104 cm³/mol. The third kappa shape index (κ3) is 3.11. The van der Waals surface area contributed by atoms with Crippen molar-refractivity contribution >= 4 is 16.8 Å². The highest BCUT2D eigenvalue weighted by molar-refractivity contribution is 6.07. The van der Waals surface area contributed by atoms with Gasteiger partial charge in [-0.2, -0.15) is 0 Å². The van der Waals surface area contributed by atoms with Crippen LogP contribution in [0.3, 0.4) is 0 Å². The summed E-state index contributed by atoms with van der Waals surface area (Å²) in [5.41, 5.74) is 4.97. The number of benzene rings is 1. The number of carbonyl (C=O) groups excluding carboxylic acids is 1. The predicted octanol–water partition coefficient (Wildman–Crippen LogP) is 4.34. The van der Waals surface area contributed by atoms with Crippen LogP contribution in [-0.4, -0.2) is 41.1 Å². The summed E-state index contributed by atoms with van der Waals surface area (Å²) in [4.78, 5) is 20.1. The maximum Gasteiger partial charge on any atom is 0.254 e. The first kappa shape index (κ1) is 17.5. The van der Waals surface area contributed by atoms with E-state index >= 15 is 0 Å². The Kier molecular flexibility index (Phi) is 4.47. The zero-order chi connectivity index (χ0) is 18.3. The molecule has 4 rings (SSSR count). The minimum Gasteiger partial charge on any atom is -0.375 e. The molecule has 1 amide bonds. The molecule has 2 aliphatic heterocycles. The normalized spacial score (nSPS) is 23.6. The van der Waals surface area contributed by atoms with Gasteiger partial charge in [-0.25, -0.2) is 0 Å². The molecule has 2 saturated heterocycles. The van der Waals surface area contributed by atoms with Gasteiger partial charge in [0, 0.05) is 30.8 Å². The minimum absolute atomic E-state index is 0.0262. The van der Waals surface area contributed by atoms with E-state index in [1.165, 1.54) is 5.56 Å². The van der Waals surface area contributed by atoms with E-state index in [0.717, 1.165) is 79.5 Å². The Morgan fingerprint density at radius 2 is 1.88 bits per heavy atom. The summed E-state index contributed by atoms with van der Waals surface area (Å²) in [5, 5.41) is 0.981. The number of aryl methyl sites for hydroxylation is 3. The van der Waals surface area contributed by atoms with Crippen LogP contribution in [0.25, 0.3) is 10.9 Å². The molecular formula is C22H28N2O2. The number of rotatable bonds is 1. The minimum atomic E-state index is 0.0262. The number of likely N-dealkylation sites (tertiary alicyclic amines) is 1. The molecule has 0 aliphatic carbocycles. The number of carbonyl (C=O) groups is 1. The topological polar surface area (TPSA) is 42.4 Å². The lowest BCUT2D eigenvalue weighted by Crippen LogP contribution is -2.34. The van der Waals surface area contributed by atoms with E-state index in [1.54, 1.807) is 0 Å². The van der Waals surface area contributed by atoms with Crippen LogP contribution >= 0.6 is 0 Å². The number of amides is 1. The van der Waals surface area contributed by atoms with Crippen LogP contribution in [-0.2, 0) is 4.74 Å². The summed E-state index contributed by atoms with van der Waals surface area (Å²) in [6.45, 7) is 8.60. The number of pyridine rings is 1. The Morgan fingerprint density at radius 3 is 2.65 bits per heavy atom. The molecule has 0 N–H and O–H groups in total. The highest BCUT2D eigenvalue weighted by Gasteiger charge is 2.37. The van der Waals surface area contributed by atoms with Gasteiger partial charge in [-0.3, -0.25) is 9.78 Å². The lowest BCUT2D eigenvalue weighted by atomic mass is 9.92. The van der Waals surface area contributed by atoms with Crippen LogP contribution in [0.4, 0.5) is 0 Å². The second-order valence-electron chi connectivity index (χ2n) is 8.07. The molecule has 2 aromatic rings. The van der Waals surface area contributed by atoms with Gasteiger partial charge in [0.2, 0.25) is 0 Å². The van der Waals surface area contributed by atoms with Gasteiger partial charge in [-0.15, -0.1) is 0 Å². The first-order chi connectivity index (χ1) is 12.5. The summed E-state index contributed by atoms with van der Waals surface area (Å²) in [5.74, 6) is 0.139. The molecule has 0 saturated carbocycles. The third-order valence-electron chi connectivity index (χ3n) is 5.98. The van der Waals surface area contributed by atoms with Gasteiger partial charge in [-0.05, 0) is 70.6 Å². The summed E-state index contributed by atoms with van der Waals surface area (Å²) >= 11 is 0. The van der Waals surface area contributed by atoms with Gasteiger partial charge in [-0.1, -0.05) is 11.6 Å². The third-order valence-corrected chi connectivity index (χ3v) is 5.98. The van der Waals surface area contributed by atoms with Gasteiger partial charge in [0.05, 0.1) is 16.7 Å². The largest absolute Gasteiger partial charge is 0.375 e. The number of fused-ring (bicyclic) bond motifs is 1. The van der Waals surface area contributed by atoms with Crippen LogP contribution in [0.15, 0.2) is 18.2 Å². The number of ether oxygens (including phenoxy) is 1. The van der Waals surface area contributed by atoms with Gasteiger partial charge >= 0.3 is 0 Å². The van der Waals surface area contributed by atoms with Gasteiger partial charge in [0.1, 0.15) is 0 Å². The van der Waals surface area contributed by atoms with Crippen molar-refractivity contribution in [2.24, 2.45) is 0 Å². The second kappa shape index (κ2) is 6.66. The Bertz CT molecular complexity index is 853. The average Bonchev–Trinajstić information content (AvgIpc) is 2.95. The number of hydrogen-bond donors (Lipinski definition) is 0. The lowest BCUT2D eigenvalue weighted by molar-refractivity contribution is -0.00691. The average molecular weight is 352 g/mol. The molecule has 1 aromatic heterocycles. The number of nitrogens with zero attached hydrogens (tertiary/aromatic N) is 2. The van der Waals surface area contributed by atoms with E-state index in [2.05, 4.69) is 26.0 Å². The van der Waals surface area contributed by atoms with Crippen LogP contribution in [0.1, 0.15) is 59.3 Å². The fraction of sp³-hybridized carbons (Fsp3) is 0.545. The van der Waals surface area contributed by atoms with Crippen molar-refractivity contribution in [3.63, 3.8) is 0 Å². The molecule has 0 radical (unpaired) electrons. The van der Waals surface area contributed by atoms with Crippen molar-refractivity contribution in [3.05, 3.63) is 40.6 Å². The van der Waals surface area contributed by atoms with E-state index in [4.69, 9.17) is 9.72 Å². The number of hydrogen-bond acceptors (Lipinski definition) is 3. The fourth-order valence-electron chi connectivity index (χ4n) is 4.68. The zero-order valence-electron chi connectivity index (χ0n) is 16.1. The van der Waals surface area contributed by atoms with Crippen molar-refractivity contribution in [2.45, 2.75) is 58.5 Å². The van der Waals surface area contributed by atoms with Crippen molar-refractivity contribution in [2.75, 3.05) is 19.7 Å². The molecule has 2 aliphatic rings. The van der Waals surface area contributed by atoms with Crippen molar-refractivity contribution in [1.29, 1.82) is 0 Å². The lowest BCUT2D eigenvalue weighted by Gasteiger charge is -2.27. The summed E-state index contributed by atoms with van der Waals surface area (Å²) < 4.78 is 6.07. The molecule has 1 atom stereocenters. The maximum absolute atomic E-state index is 13.4. The molecule has 26 heavy (non-hydrogen) atoms. The summed E-state index contributed by atoms with van der Waals surface area (Å²) in [6, 6.07) is 6.19. The Hall–Kier alpha value is -1.94. The Balaban J connectivity index is 1.68. The quantitative estimate of drug-likeness (QED) is 0.767. The van der Waals surface area contributed by atoms with Gasteiger partial charge in [0.25, 0.3) is 5.91 Å². The summed E-state index contributed by atoms with van der Waals surface area (Å²) in [6.07, 6.45) is 5.35. The van der Waals surface area contributed by atoms with Crippen molar-refractivity contribution < 1.29 is 9.53 Å². The van der Waals surface area contributed by atoms with E-state index in [9.17, 15) is 4.79 Å². The summed E-state index contributed by atoms with van der Waals surface area (Å²) in [7, 11) is 0. The van der Waals surface area contributed by atoms with Gasteiger partial charge < -0.3 is 9.64 Å². The number of aromatic nitrogens is 1. The first-order valence-electron chi connectivity index (χ1n) is 9.79. The smallest absolute Gasteiger partial charge is 0.254 e. The monoisotopic (exact) mass is 352 g/mol. The maximum atomic E-state index is 13.4. The molecule has 1 spiro atoms. The molecule has 0 unspecified atom stereocenters. The van der Waals surface area contributed by atoms with E-state index < -0.39 is 0 Å². The Labute approximate surface area is 155 Å². The van der Waals surface area contributed by atoms with E-state index in [-0.39, 0.29) is 11.5 Å². The highest BCUT2D eigenvalue weighted by atomic mass is 16.5. The molecule has 0 bridgehead atoms. The molecule has 2 fully saturated rings. The highest BCUT2D eigenvalue weighted by Crippen LogP contribution is 2.36. The van der Waals surface area contributed by atoms with Crippen LogP contribution in [0, 0.1) is 20.8 Å².